The lowest BCUT2D eigenvalue weighted by molar-refractivity contribution is -0.125. The molecule has 1 aromatic heterocycles. The molecule has 0 saturated carbocycles. The molecule has 1 aromatic carbocycles. The molecule has 0 saturated heterocycles. The van der Waals surface area contributed by atoms with Crippen molar-refractivity contribution < 1.29 is 27.6 Å². The average molecular weight is 396 g/mol. The summed E-state index contributed by atoms with van der Waals surface area (Å²) in [6.07, 6.45) is -0.536. The molecule has 0 aliphatic carbocycles. The second-order valence-electron chi connectivity index (χ2n) is 5.69. The first-order valence-corrected chi connectivity index (χ1v) is 9.73. The SMILES string of the molecule is COc1cccc(-c2nc(CS(=O)CC(=O)NCC(OC)OC)c(C)o2)c1. The number of methoxy groups -OCH3 is 3. The Kier molecular flexibility index (Phi) is 7.96. The van der Waals surface area contributed by atoms with Gasteiger partial charge in [-0.25, -0.2) is 4.98 Å². The van der Waals surface area contributed by atoms with Crippen LogP contribution in [0, 0.1) is 6.92 Å². The number of nitrogens with one attached hydrogen (secondary N) is 1. The Morgan fingerprint density at radius 2 is 2.04 bits per heavy atom. The van der Waals surface area contributed by atoms with E-state index >= 15 is 0 Å². The van der Waals surface area contributed by atoms with Gasteiger partial charge < -0.3 is 23.9 Å². The maximum absolute atomic E-state index is 12.3. The highest BCUT2D eigenvalue weighted by Gasteiger charge is 2.17. The van der Waals surface area contributed by atoms with Gasteiger partial charge in [0.05, 0.1) is 25.1 Å². The molecule has 8 nitrogen and oxygen atoms in total. The minimum atomic E-state index is -1.42. The van der Waals surface area contributed by atoms with Crippen LogP contribution in [0.5, 0.6) is 5.75 Å². The molecule has 1 atom stereocenters. The smallest absolute Gasteiger partial charge is 0.232 e. The molecule has 0 bridgehead atoms. The van der Waals surface area contributed by atoms with Gasteiger partial charge in [-0.05, 0) is 25.1 Å². The standard InChI is InChI=1S/C18H24N2O6S/c1-12-15(10-27(22)11-16(21)19-9-17(24-3)25-4)20-18(26-12)13-6-5-7-14(8-13)23-2/h5-8,17H,9-11H2,1-4H3,(H,19,21). The molecule has 0 aliphatic heterocycles. The summed E-state index contributed by atoms with van der Waals surface area (Å²) < 4.78 is 33.1. The second kappa shape index (κ2) is 10.2. The van der Waals surface area contributed by atoms with Crippen molar-refractivity contribution in [1.29, 1.82) is 0 Å². The minimum absolute atomic E-state index is 0.130. The van der Waals surface area contributed by atoms with Gasteiger partial charge in [-0.3, -0.25) is 9.00 Å². The molecule has 27 heavy (non-hydrogen) atoms. The quantitative estimate of drug-likeness (QED) is 0.610. The van der Waals surface area contributed by atoms with Crippen molar-refractivity contribution in [2.24, 2.45) is 0 Å². The van der Waals surface area contributed by atoms with E-state index in [9.17, 15) is 9.00 Å². The van der Waals surface area contributed by atoms with Crippen LogP contribution >= 0.6 is 0 Å². The largest absolute Gasteiger partial charge is 0.497 e. The van der Waals surface area contributed by atoms with E-state index in [1.807, 2.05) is 24.3 Å². The molecule has 9 heteroatoms. The number of benzene rings is 1. The third kappa shape index (κ3) is 6.16. The monoisotopic (exact) mass is 396 g/mol. The molecule has 1 unspecified atom stereocenters. The molecule has 148 valence electrons. The molecule has 0 spiro atoms. The summed E-state index contributed by atoms with van der Waals surface area (Å²) in [7, 11) is 3.12. The summed E-state index contributed by atoms with van der Waals surface area (Å²) in [6, 6.07) is 7.32. The zero-order valence-corrected chi connectivity index (χ0v) is 16.6. The minimum Gasteiger partial charge on any atom is -0.497 e. The molecule has 1 N–H and O–H groups in total. The van der Waals surface area contributed by atoms with Crippen molar-refractivity contribution in [2.45, 2.75) is 19.0 Å². The van der Waals surface area contributed by atoms with Crippen molar-refractivity contribution in [3.05, 3.63) is 35.7 Å². The predicted octanol–water partition coefficient (Wildman–Crippen LogP) is 1.64. The van der Waals surface area contributed by atoms with Crippen LogP contribution in [0.1, 0.15) is 11.5 Å². The van der Waals surface area contributed by atoms with E-state index in [4.69, 9.17) is 18.6 Å². The lowest BCUT2D eigenvalue weighted by Crippen LogP contribution is -2.36. The van der Waals surface area contributed by atoms with E-state index in [1.54, 1.807) is 14.0 Å². The highest BCUT2D eigenvalue weighted by molar-refractivity contribution is 7.84. The Hall–Kier alpha value is -2.23. The Morgan fingerprint density at radius 3 is 2.70 bits per heavy atom. The van der Waals surface area contributed by atoms with E-state index in [1.165, 1.54) is 14.2 Å². The normalized spacial score (nSPS) is 12.2. The molecule has 0 fully saturated rings. The fourth-order valence-electron chi connectivity index (χ4n) is 2.30. The summed E-state index contributed by atoms with van der Waals surface area (Å²) in [6.45, 7) is 1.94. The number of hydrogen-bond donors (Lipinski definition) is 1. The van der Waals surface area contributed by atoms with Crippen LogP contribution in [0.3, 0.4) is 0 Å². The number of hydrogen-bond acceptors (Lipinski definition) is 7. The van der Waals surface area contributed by atoms with Gasteiger partial charge in [-0.1, -0.05) is 6.07 Å². The summed E-state index contributed by atoms with van der Waals surface area (Å²) >= 11 is 0. The van der Waals surface area contributed by atoms with Crippen molar-refractivity contribution >= 4 is 16.7 Å². The average Bonchev–Trinajstić information content (AvgIpc) is 3.03. The van der Waals surface area contributed by atoms with Crippen LogP contribution in [0.25, 0.3) is 11.5 Å². The number of oxazole rings is 1. The van der Waals surface area contributed by atoms with Gasteiger partial charge in [-0.15, -0.1) is 0 Å². The first-order chi connectivity index (χ1) is 13.0. The lowest BCUT2D eigenvalue weighted by Gasteiger charge is -2.13. The van der Waals surface area contributed by atoms with Crippen molar-refractivity contribution in [3.63, 3.8) is 0 Å². The Bertz CT molecular complexity index is 788. The maximum Gasteiger partial charge on any atom is 0.232 e. The zero-order valence-electron chi connectivity index (χ0n) is 15.8. The van der Waals surface area contributed by atoms with E-state index in [0.717, 1.165) is 5.56 Å². The van der Waals surface area contributed by atoms with Gasteiger partial charge >= 0.3 is 0 Å². The second-order valence-corrected chi connectivity index (χ2v) is 7.14. The number of carbonyl (C=O) groups excluding carboxylic acids is 1. The van der Waals surface area contributed by atoms with E-state index < -0.39 is 17.1 Å². The summed E-state index contributed by atoms with van der Waals surface area (Å²) in [5.74, 6) is 1.33. The van der Waals surface area contributed by atoms with Gasteiger partial charge in [0.1, 0.15) is 17.3 Å². The maximum atomic E-state index is 12.3. The number of aromatic nitrogens is 1. The predicted molar refractivity (Wildman–Crippen MR) is 101 cm³/mol. The topological polar surface area (TPSA) is 99.9 Å². The lowest BCUT2D eigenvalue weighted by atomic mass is 10.2. The van der Waals surface area contributed by atoms with Gasteiger partial charge in [0.2, 0.25) is 11.8 Å². The number of rotatable bonds is 10. The van der Waals surface area contributed by atoms with Crippen molar-refractivity contribution in [3.8, 4) is 17.2 Å². The third-order valence-corrected chi connectivity index (χ3v) is 4.97. The van der Waals surface area contributed by atoms with Crippen LogP contribution < -0.4 is 10.1 Å². The van der Waals surface area contributed by atoms with Gasteiger partial charge in [0.15, 0.2) is 6.29 Å². The number of nitrogens with zero attached hydrogens (tertiary/aromatic N) is 1. The molecule has 2 aromatic rings. The Labute approximate surface area is 160 Å². The Balaban J connectivity index is 1.96. The molecule has 2 rings (SSSR count). The molecule has 0 radical (unpaired) electrons. The van der Waals surface area contributed by atoms with Crippen molar-refractivity contribution in [1.82, 2.24) is 10.3 Å². The first kappa shape index (κ1) is 21.1. The fourth-order valence-corrected chi connectivity index (χ4v) is 3.37. The molecular weight excluding hydrogens is 372 g/mol. The van der Waals surface area contributed by atoms with Crippen LogP contribution in [0.4, 0.5) is 0 Å². The fraction of sp³-hybridized carbons (Fsp3) is 0.444. The summed E-state index contributed by atoms with van der Waals surface area (Å²) in [5, 5.41) is 2.62. The highest BCUT2D eigenvalue weighted by atomic mass is 32.2. The van der Waals surface area contributed by atoms with Gasteiger partial charge in [0.25, 0.3) is 0 Å². The number of carbonyl (C=O) groups is 1. The van der Waals surface area contributed by atoms with Gasteiger partial charge in [-0.2, -0.15) is 0 Å². The summed E-state index contributed by atoms with van der Waals surface area (Å²) in [5.41, 5.74) is 1.32. The first-order valence-electron chi connectivity index (χ1n) is 8.24. The van der Waals surface area contributed by atoms with E-state index in [0.29, 0.717) is 23.1 Å². The highest BCUT2D eigenvalue weighted by Crippen LogP contribution is 2.25. The number of ether oxygens (including phenoxy) is 3. The zero-order chi connectivity index (χ0) is 19.8. The van der Waals surface area contributed by atoms with E-state index in [2.05, 4.69) is 10.3 Å². The number of amides is 1. The van der Waals surface area contributed by atoms with Crippen LogP contribution in [0.2, 0.25) is 0 Å². The number of aryl methyl sites for hydroxylation is 1. The van der Waals surface area contributed by atoms with Crippen LogP contribution in [0.15, 0.2) is 28.7 Å². The van der Waals surface area contributed by atoms with Crippen molar-refractivity contribution in [2.75, 3.05) is 33.6 Å². The summed E-state index contributed by atoms with van der Waals surface area (Å²) in [4.78, 5) is 16.3. The van der Waals surface area contributed by atoms with Gasteiger partial charge in [0, 0.05) is 30.6 Å². The Morgan fingerprint density at radius 1 is 1.30 bits per heavy atom. The third-order valence-electron chi connectivity index (χ3n) is 3.79. The molecule has 0 aliphatic rings. The van der Waals surface area contributed by atoms with Crippen LogP contribution in [-0.2, 0) is 30.8 Å². The molecular formula is C18H24N2O6S. The molecule has 1 heterocycles. The van der Waals surface area contributed by atoms with Crippen LogP contribution in [-0.4, -0.2) is 55.0 Å². The van der Waals surface area contributed by atoms with E-state index in [-0.39, 0.29) is 24.0 Å². The molecule has 1 amide bonds.